The lowest BCUT2D eigenvalue weighted by Crippen LogP contribution is -2.27. The van der Waals surface area contributed by atoms with Gasteiger partial charge in [-0.2, -0.15) is 0 Å². The highest BCUT2D eigenvalue weighted by Gasteiger charge is 2.18. The first kappa shape index (κ1) is 12.1. The predicted molar refractivity (Wildman–Crippen MR) is 78.0 cm³/mol. The molecule has 0 spiro atoms. The van der Waals surface area contributed by atoms with Crippen molar-refractivity contribution in [2.24, 2.45) is 11.7 Å². The molecule has 1 heterocycles. The fourth-order valence-electron chi connectivity index (χ4n) is 2.94. The van der Waals surface area contributed by atoms with Crippen LogP contribution >= 0.6 is 11.3 Å². The third-order valence-corrected chi connectivity index (χ3v) is 4.91. The first-order chi connectivity index (χ1) is 8.70. The largest absolute Gasteiger partial charge is 0.328 e. The molecule has 1 fully saturated rings. The molecule has 1 aliphatic carbocycles. The second kappa shape index (κ2) is 4.98. The number of nitrogens with zero attached hydrogens (tertiary/aromatic N) is 1. The van der Waals surface area contributed by atoms with Crippen molar-refractivity contribution in [3.8, 4) is 0 Å². The summed E-state index contributed by atoms with van der Waals surface area (Å²) in [6.07, 6.45) is 6.20. The van der Waals surface area contributed by atoms with Gasteiger partial charge >= 0.3 is 0 Å². The normalized spacial score (nSPS) is 24.6. The summed E-state index contributed by atoms with van der Waals surface area (Å²) in [4.78, 5) is 4.51. The molecule has 1 saturated carbocycles. The molecule has 0 saturated heterocycles. The highest BCUT2D eigenvalue weighted by molar-refractivity contribution is 7.18. The number of aryl methyl sites for hydroxylation is 1. The van der Waals surface area contributed by atoms with E-state index < -0.39 is 0 Å². The van der Waals surface area contributed by atoms with E-state index in [4.69, 9.17) is 5.73 Å². The Morgan fingerprint density at radius 3 is 2.83 bits per heavy atom. The third kappa shape index (κ3) is 2.57. The first-order valence-corrected chi connectivity index (χ1v) is 7.64. The van der Waals surface area contributed by atoms with E-state index in [1.54, 1.807) is 11.3 Å². The number of hydrogen-bond acceptors (Lipinski definition) is 3. The van der Waals surface area contributed by atoms with Crippen LogP contribution in [0.15, 0.2) is 18.2 Å². The number of thiazole rings is 1. The zero-order valence-corrected chi connectivity index (χ0v) is 11.7. The van der Waals surface area contributed by atoms with E-state index >= 15 is 0 Å². The Morgan fingerprint density at radius 2 is 2.06 bits per heavy atom. The van der Waals surface area contributed by atoms with Gasteiger partial charge < -0.3 is 5.73 Å². The monoisotopic (exact) mass is 260 g/mol. The van der Waals surface area contributed by atoms with Crippen molar-refractivity contribution in [3.05, 3.63) is 28.8 Å². The molecule has 2 aromatic rings. The Bertz CT molecular complexity index is 538. The van der Waals surface area contributed by atoms with E-state index in [0.717, 1.165) is 16.4 Å². The molecule has 0 bridgehead atoms. The van der Waals surface area contributed by atoms with E-state index in [9.17, 15) is 0 Å². The molecule has 0 amide bonds. The molecule has 96 valence electrons. The average Bonchev–Trinajstić information content (AvgIpc) is 2.71. The Hall–Kier alpha value is -0.930. The van der Waals surface area contributed by atoms with Crippen LogP contribution in [0.2, 0.25) is 0 Å². The summed E-state index contributed by atoms with van der Waals surface area (Å²) in [5.41, 5.74) is 8.57. The Labute approximate surface area is 112 Å². The topological polar surface area (TPSA) is 38.9 Å². The van der Waals surface area contributed by atoms with Crippen molar-refractivity contribution in [1.82, 2.24) is 4.98 Å². The Balaban J connectivity index is 1.74. The van der Waals surface area contributed by atoms with Crippen LogP contribution in [0.4, 0.5) is 0 Å². The molecule has 18 heavy (non-hydrogen) atoms. The van der Waals surface area contributed by atoms with Crippen molar-refractivity contribution >= 4 is 21.6 Å². The SMILES string of the molecule is Cc1nc2ccc(CC3CCC(N)CC3)cc2s1. The fourth-order valence-corrected chi connectivity index (χ4v) is 3.83. The van der Waals surface area contributed by atoms with Gasteiger partial charge in [0, 0.05) is 6.04 Å². The summed E-state index contributed by atoms with van der Waals surface area (Å²) >= 11 is 1.80. The zero-order valence-electron chi connectivity index (χ0n) is 10.9. The molecule has 1 aromatic carbocycles. The lowest BCUT2D eigenvalue weighted by Gasteiger charge is -2.26. The van der Waals surface area contributed by atoms with Gasteiger partial charge in [0.25, 0.3) is 0 Å². The van der Waals surface area contributed by atoms with Crippen molar-refractivity contribution in [1.29, 1.82) is 0 Å². The fraction of sp³-hybridized carbons (Fsp3) is 0.533. The molecule has 0 atom stereocenters. The van der Waals surface area contributed by atoms with Gasteiger partial charge in [-0.15, -0.1) is 11.3 Å². The van der Waals surface area contributed by atoms with Gasteiger partial charge in [-0.1, -0.05) is 6.07 Å². The van der Waals surface area contributed by atoms with E-state index in [-0.39, 0.29) is 0 Å². The quantitative estimate of drug-likeness (QED) is 0.895. The molecule has 1 aliphatic rings. The molecule has 3 rings (SSSR count). The highest BCUT2D eigenvalue weighted by Crippen LogP contribution is 2.28. The van der Waals surface area contributed by atoms with Gasteiger partial charge in [0.05, 0.1) is 15.2 Å². The number of rotatable bonds is 2. The van der Waals surface area contributed by atoms with Gasteiger partial charge in [0.2, 0.25) is 0 Å². The lowest BCUT2D eigenvalue weighted by molar-refractivity contribution is 0.325. The molecule has 0 aliphatic heterocycles. The van der Waals surface area contributed by atoms with Crippen LogP contribution in [0, 0.1) is 12.8 Å². The summed E-state index contributed by atoms with van der Waals surface area (Å²) in [7, 11) is 0. The molecule has 2 nitrogen and oxygen atoms in total. The van der Waals surface area contributed by atoms with Crippen LogP contribution in [0.5, 0.6) is 0 Å². The molecular formula is C15H20N2S. The first-order valence-electron chi connectivity index (χ1n) is 6.82. The van der Waals surface area contributed by atoms with Crippen LogP contribution < -0.4 is 5.73 Å². The molecular weight excluding hydrogens is 240 g/mol. The summed E-state index contributed by atoms with van der Waals surface area (Å²) in [6, 6.07) is 7.20. The second-order valence-corrected chi connectivity index (χ2v) is 6.75. The summed E-state index contributed by atoms with van der Waals surface area (Å²) in [6.45, 7) is 2.08. The highest BCUT2D eigenvalue weighted by atomic mass is 32.1. The minimum absolute atomic E-state index is 0.452. The lowest BCUT2D eigenvalue weighted by atomic mass is 9.83. The number of aromatic nitrogens is 1. The van der Waals surface area contributed by atoms with Gasteiger partial charge in [-0.05, 0) is 62.6 Å². The molecule has 0 radical (unpaired) electrons. The van der Waals surface area contributed by atoms with Crippen molar-refractivity contribution < 1.29 is 0 Å². The van der Waals surface area contributed by atoms with E-state index in [2.05, 4.69) is 30.1 Å². The Morgan fingerprint density at radius 1 is 1.28 bits per heavy atom. The Kier molecular flexibility index (Phi) is 3.35. The van der Waals surface area contributed by atoms with Crippen LogP contribution in [-0.4, -0.2) is 11.0 Å². The number of nitrogens with two attached hydrogens (primary N) is 1. The van der Waals surface area contributed by atoms with Crippen LogP contribution in [-0.2, 0) is 6.42 Å². The maximum absolute atomic E-state index is 5.96. The number of hydrogen-bond donors (Lipinski definition) is 1. The van der Waals surface area contributed by atoms with Gasteiger partial charge in [0.1, 0.15) is 0 Å². The number of fused-ring (bicyclic) bond motifs is 1. The van der Waals surface area contributed by atoms with Crippen molar-refractivity contribution in [2.45, 2.75) is 45.1 Å². The smallest absolute Gasteiger partial charge is 0.0907 e. The predicted octanol–water partition coefficient (Wildman–Crippen LogP) is 3.66. The van der Waals surface area contributed by atoms with E-state index in [0.29, 0.717) is 6.04 Å². The number of benzene rings is 1. The van der Waals surface area contributed by atoms with Crippen LogP contribution in [0.3, 0.4) is 0 Å². The zero-order chi connectivity index (χ0) is 12.5. The van der Waals surface area contributed by atoms with E-state index in [1.807, 2.05) is 0 Å². The third-order valence-electron chi connectivity index (χ3n) is 3.98. The molecule has 0 unspecified atom stereocenters. The van der Waals surface area contributed by atoms with Crippen LogP contribution in [0.25, 0.3) is 10.2 Å². The minimum Gasteiger partial charge on any atom is -0.328 e. The van der Waals surface area contributed by atoms with E-state index in [1.165, 1.54) is 42.4 Å². The van der Waals surface area contributed by atoms with Gasteiger partial charge in [-0.3, -0.25) is 0 Å². The average molecular weight is 260 g/mol. The second-order valence-electron chi connectivity index (χ2n) is 5.52. The summed E-state index contributed by atoms with van der Waals surface area (Å²) in [5.74, 6) is 0.830. The van der Waals surface area contributed by atoms with Crippen molar-refractivity contribution in [3.63, 3.8) is 0 Å². The van der Waals surface area contributed by atoms with Gasteiger partial charge in [-0.25, -0.2) is 4.98 Å². The molecule has 2 N–H and O–H groups in total. The molecule has 1 aromatic heterocycles. The van der Waals surface area contributed by atoms with Crippen molar-refractivity contribution in [2.75, 3.05) is 0 Å². The van der Waals surface area contributed by atoms with Crippen LogP contribution in [0.1, 0.15) is 36.3 Å². The maximum atomic E-state index is 5.96. The summed E-state index contributed by atoms with van der Waals surface area (Å²) < 4.78 is 1.33. The molecule has 3 heteroatoms. The van der Waals surface area contributed by atoms with Gasteiger partial charge in [0.15, 0.2) is 0 Å². The minimum atomic E-state index is 0.452. The standard InChI is InChI=1S/C15H20N2S/c1-10-17-14-7-4-12(9-15(14)18-10)8-11-2-5-13(16)6-3-11/h4,7,9,11,13H,2-3,5-6,8,16H2,1H3. The summed E-state index contributed by atoms with van der Waals surface area (Å²) in [5, 5.41) is 1.16. The maximum Gasteiger partial charge on any atom is 0.0907 e.